The van der Waals surface area contributed by atoms with Crippen LogP contribution in [0.4, 0.5) is 0 Å². The third-order valence-corrected chi connectivity index (χ3v) is 3.59. The predicted octanol–water partition coefficient (Wildman–Crippen LogP) is 2.83. The first-order valence-corrected chi connectivity index (χ1v) is 7.50. The van der Waals surface area contributed by atoms with Crippen LogP contribution in [-0.2, 0) is 4.79 Å². The van der Waals surface area contributed by atoms with E-state index in [1.807, 2.05) is 13.8 Å². The molecule has 0 aliphatic carbocycles. The minimum absolute atomic E-state index is 0.0346. The zero-order valence-corrected chi connectivity index (χ0v) is 13.2. The molecule has 1 aromatic rings. The predicted molar refractivity (Wildman–Crippen MR) is 83.5 cm³/mol. The van der Waals surface area contributed by atoms with Gasteiger partial charge in [-0.3, -0.25) is 9.59 Å². The smallest absolute Gasteiger partial charge is 0.220 e. The molecular formula is C16H22ClNO3. The van der Waals surface area contributed by atoms with E-state index in [0.717, 1.165) is 0 Å². The first kappa shape index (κ1) is 17.7. The molecule has 4 nitrogen and oxygen atoms in total. The van der Waals surface area contributed by atoms with Crippen LogP contribution in [0.1, 0.15) is 43.5 Å². The Hall–Kier alpha value is -1.39. The number of nitrogens with one attached hydrogen (secondary N) is 1. The van der Waals surface area contributed by atoms with Crippen molar-refractivity contribution in [2.75, 3.05) is 6.61 Å². The molecule has 116 valence electrons. The van der Waals surface area contributed by atoms with Crippen LogP contribution >= 0.6 is 11.6 Å². The van der Waals surface area contributed by atoms with Gasteiger partial charge in [0, 0.05) is 36.1 Å². The highest BCUT2D eigenvalue weighted by atomic mass is 35.5. The molecule has 1 atom stereocenters. The summed E-state index contributed by atoms with van der Waals surface area (Å²) in [5.74, 6) is 0.00241. The Labute approximate surface area is 130 Å². The molecule has 1 amide bonds. The number of carbonyl (C=O) groups excluding carboxylic acids is 2. The fraction of sp³-hybridized carbons (Fsp3) is 0.500. The van der Waals surface area contributed by atoms with Crippen LogP contribution in [0.5, 0.6) is 0 Å². The number of Topliss-reactive ketones (excluding diaryl/α,β-unsaturated/α-hetero) is 1. The Bertz CT molecular complexity index is 471. The number of carbonyl (C=O) groups is 2. The van der Waals surface area contributed by atoms with E-state index < -0.39 is 0 Å². The van der Waals surface area contributed by atoms with Crippen LogP contribution in [-0.4, -0.2) is 29.4 Å². The molecule has 0 radical (unpaired) electrons. The van der Waals surface area contributed by atoms with Gasteiger partial charge in [0.25, 0.3) is 0 Å². The van der Waals surface area contributed by atoms with Gasteiger partial charge in [-0.1, -0.05) is 25.4 Å². The van der Waals surface area contributed by atoms with Gasteiger partial charge in [0.1, 0.15) is 0 Å². The molecule has 0 aliphatic rings. The zero-order chi connectivity index (χ0) is 15.8. The molecule has 0 heterocycles. The second kappa shape index (κ2) is 8.80. The lowest BCUT2D eigenvalue weighted by Crippen LogP contribution is -2.39. The Morgan fingerprint density at radius 2 is 1.81 bits per heavy atom. The summed E-state index contributed by atoms with van der Waals surface area (Å²) >= 11 is 5.76. The number of hydrogen-bond donors (Lipinski definition) is 2. The second-order valence-corrected chi connectivity index (χ2v) is 5.80. The Morgan fingerprint density at radius 3 is 2.33 bits per heavy atom. The summed E-state index contributed by atoms with van der Waals surface area (Å²) in [4.78, 5) is 23.8. The van der Waals surface area contributed by atoms with Crippen molar-refractivity contribution >= 4 is 23.3 Å². The van der Waals surface area contributed by atoms with E-state index in [4.69, 9.17) is 16.7 Å². The van der Waals surface area contributed by atoms with E-state index in [1.54, 1.807) is 24.3 Å². The maximum atomic E-state index is 11.9. The van der Waals surface area contributed by atoms with Gasteiger partial charge in [0.05, 0.1) is 0 Å². The highest BCUT2D eigenvalue weighted by molar-refractivity contribution is 6.30. The van der Waals surface area contributed by atoms with Gasteiger partial charge in [0.2, 0.25) is 5.91 Å². The van der Waals surface area contributed by atoms with E-state index >= 15 is 0 Å². The summed E-state index contributed by atoms with van der Waals surface area (Å²) in [6.45, 7) is 4.01. The molecular weight excluding hydrogens is 290 g/mol. The molecule has 0 spiro atoms. The fourth-order valence-electron chi connectivity index (χ4n) is 2.00. The van der Waals surface area contributed by atoms with Crippen molar-refractivity contribution in [2.24, 2.45) is 5.92 Å². The van der Waals surface area contributed by atoms with Crippen LogP contribution in [0.25, 0.3) is 0 Å². The quantitative estimate of drug-likeness (QED) is 0.725. The summed E-state index contributed by atoms with van der Waals surface area (Å²) in [6, 6.07) is 6.57. The maximum absolute atomic E-state index is 11.9. The summed E-state index contributed by atoms with van der Waals surface area (Å²) in [6.07, 6.45) is 0.835. The van der Waals surface area contributed by atoms with E-state index in [2.05, 4.69) is 5.32 Å². The molecule has 0 saturated carbocycles. The monoisotopic (exact) mass is 311 g/mol. The van der Waals surface area contributed by atoms with E-state index in [0.29, 0.717) is 17.0 Å². The number of halogens is 1. The lowest BCUT2D eigenvalue weighted by Gasteiger charge is -2.21. The topological polar surface area (TPSA) is 66.4 Å². The normalized spacial score (nSPS) is 12.2. The van der Waals surface area contributed by atoms with E-state index in [-0.39, 0.29) is 43.1 Å². The zero-order valence-electron chi connectivity index (χ0n) is 12.4. The van der Waals surface area contributed by atoms with Crippen LogP contribution in [0.15, 0.2) is 24.3 Å². The van der Waals surface area contributed by atoms with Crippen molar-refractivity contribution in [3.8, 4) is 0 Å². The third kappa shape index (κ3) is 6.27. The molecule has 0 aromatic heterocycles. The molecule has 0 aliphatic heterocycles. The summed E-state index contributed by atoms with van der Waals surface area (Å²) in [5, 5.41) is 12.4. The Kier molecular flexibility index (Phi) is 7.40. The molecule has 1 unspecified atom stereocenters. The van der Waals surface area contributed by atoms with Crippen LogP contribution in [0, 0.1) is 5.92 Å². The minimum atomic E-state index is -0.163. The first-order valence-electron chi connectivity index (χ1n) is 7.13. The van der Waals surface area contributed by atoms with Crippen molar-refractivity contribution in [2.45, 2.75) is 39.2 Å². The van der Waals surface area contributed by atoms with Crippen molar-refractivity contribution in [1.29, 1.82) is 0 Å². The van der Waals surface area contributed by atoms with Crippen molar-refractivity contribution < 1.29 is 14.7 Å². The summed E-state index contributed by atoms with van der Waals surface area (Å²) < 4.78 is 0. The molecule has 0 fully saturated rings. The van der Waals surface area contributed by atoms with Crippen LogP contribution < -0.4 is 5.32 Å². The fourth-order valence-corrected chi connectivity index (χ4v) is 2.12. The van der Waals surface area contributed by atoms with Crippen molar-refractivity contribution in [1.82, 2.24) is 5.32 Å². The Balaban J connectivity index is 2.45. The number of rotatable bonds is 8. The molecule has 5 heteroatoms. The molecule has 1 rings (SSSR count). The van der Waals surface area contributed by atoms with Gasteiger partial charge in [-0.15, -0.1) is 0 Å². The van der Waals surface area contributed by atoms with Gasteiger partial charge in [-0.2, -0.15) is 0 Å². The van der Waals surface area contributed by atoms with E-state index in [9.17, 15) is 9.59 Å². The number of aliphatic hydroxyl groups excluding tert-OH is 1. The molecule has 0 saturated heterocycles. The Morgan fingerprint density at radius 1 is 1.19 bits per heavy atom. The number of hydrogen-bond acceptors (Lipinski definition) is 3. The number of benzene rings is 1. The highest BCUT2D eigenvalue weighted by Crippen LogP contribution is 2.12. The molecule has 0 bridgehead atoms. The lowest BCUT2D eigenvalue weighted by molar-refractivity contribution is -0.122. The largest absolute Gasteiger partial charge is 0.396 e. The van der Waals surface area contributed by atoms with Crippen LogP contribution in [0.2, 0.25) is 5.02 Å². The van der Waals surface area contributed by atoms with Crippen LogP contribution in [0.3, 0.4) is 0 Å². The summed E-state index contributed by atoms with van der Waals surface area (Å²) in [7, 11) is 0. The SMILES string of the molecule is CC(C)C(CCO)NC(=O)CCC(=O)c1ccc(Cl)cc1. The van der Waals surface area contributed by atoms with Gasteiger partial charge in [-0.05, 0) is 36.6 Å². The van der Waals surface area contributed by atoms with Gasteiger partial charge >= 0.3 is 0 Å². The van der Waals surface area contributed by atoms with Gasteiger partial charge in [-0.25, -0.2) is 0 Å². The number of ketones is 1. The second-order valence-electron chi connectivity index (χ2n) is 5.36. The van der Waals surface area contributed by atoms with E-state index in [1.165, 1.54) is 0 Å². The summed E-state index contributed by atoms with van der Waals surface area (Å²) in [5.41, 5.74) is 0.558. The highest BCUT2D eigenvalue weighted by Gasteiger charge is 2.16. The van der Waals surface area contributed by atoms with Crippen molar-refractivity contribution in [3.63, 3.8) is 0 Å². The van der Waals surface area contributed by atoms with Gasteiger partial charge < -0.3 is 10.4 Å². The standard InChI is InChI=1S/C16H22ClNO3/c1-11(2)14(9-10-19)18-16(21)8-7-15(20)12-3-5-13(17)6-4-12/h3-6,11,14,19H,7-10H2,1-2H3,(H,18,21). The average Bonchev–Trinajstić information content (AvgIpc) is 2.45. The van der Waals surface area contributed by atoms with Gasteiger partial charge in [0.15, 0.2) is 5.78 Å². The average molecular weight is 312 g/mol. The molecule has 21 heavy (non-hydrogen) atoms. The van der Waals surface area contributed by atoms with Crippen molar-refractivity contribution in [3.05, 3.63) is 34.9 Å². The number of amides is 1. The minimum Gasteiger partial charge on any atom is -0.396 e. The third-order valence-electron chi connectivity index (χ3n) is 3.34. The first-order chi connectivity index (χ1) is 9.93. The maximum Gasteiger partial charge on any atom is 0.220 e. The lowest BCUT2D eigenvalue weighted by atomic mass is 10.0. The molecule has 1 aromatic carbocycles. The molecule has 2 N–H and O–H groups in total. The number of aliphatic hydroxyl groups is 1.